The predicted octanol–water partition coefficient (Wildman–Crippen LogP) is -1.97. The van der Waals surface area contributed by atoms with Crippen LogP contribution in [0.2, 0.25) is 0 Å². The highest BCUT2D eigenvalue weighted by Gasteiger charge is 2.70. The number of ketones is 2. The van der Waals surface area contributed by atoms with Gasteiger partial charge in [0.25, 0.3) is 0 Å². The van der Waals surface area contributed by atoms with E-state index in [1.54, 1.807) is 24.0 Å². The molecule has 4 heterocycles. The molecule has 0 bridgehead atoms. The molecule has 1 aliphatic carbocycles. The van der Waals surface area contributed by atoms with Gasteiger partial charge in [-0.2, -0.15) is 0 Å². The minimum absolute atomic E-state index is 0.0539. The van der Waals surface area contributed by atoms with Gasteiger partial charge in [0.2, 0.25) is 17.9 Å². The molecular formula is C27H32N4O11. The van der Waals surface area contributed by atoms with Gasteiger partial charge in [0.05, 0.1) is 30.1 Å². The third-order valence-corrected chi connectivity index (χ3v) is 8.62. The van der Waals surface area contributed by atoms with Crippen molar-refractivity contribution in [3.05, 3.63) is 46.8 Å². The topological polar surface area (TPSA) is 232 Å². The molecule has 1 aromatic rings. The molecule has 226 valence electrons. The molecule has 3 saturated heterocycles. The van der Waals surface area contributed by atoms with E-state index in [0.29, 0.717) is 12.1 Å². The average molecular weight is 589 g/mol. The Balaban J connectivity index is 1.23. The van der Waals surface area contributed by atoms with Crippen molar-refractivity contribution in [1.82, 2.24) is 10.2 Å². The third-order valence-electron chi connectivity index (χ3n) is 8.62. The van der Waals surface area contributed by atoms with Crippen molar-refractivity contribution in [3.8, 4) is 5.75 Å². The van der Waals surface area contributed by atoms with E-state index in [1.165, 1.54) is 19.2 Å². The second-order valence-electron chi connectivity index (χ2n) is 10.9. The molecule has 9 unspecified atom stereocenters. The molecular weight excluding hydrogens is 556 g/mol. The summed E-state index contributed by atoms with van der Waals surface area (Å²) < 4.78 is 22.1. The molecule has 9 atom stereocenters. The number of hydrogen-bond donors (Lipinski definition) is 7. The van der Waals surface area contributed by atoms with E-state index in [0.717, 1.165) is 0 Å². The zero-order chi connectivity index (χ0) is 30.1. The van der Waals surface area contributed by atoms with Crippen LogP contribution >= 0.6 is 0 Å². The van der Waals surface area contributed by atoms with Gasteiger partial charge in [-0.05, 0) is 31.2 Å². The number of nitrogens with zero attached hydrogens (tertiary/aromatic N) is 1. The highest BCUT2D eigenvalue weighted by molar-refractivity contribution is 6.26. The van der Waals surface area contributed by atoms with Crippen molar-refractivity contribution in [1.29, 1.82) is 0 Å². The summed E-state index contributed by atoms with van der Waals surface area (Å²) >= 11 is 0. The van der Waals surface area contributed by atoms with Gasteiger partial charge < -0.3 is 55.3 Å². The molecule has 8 N–H and O–H groups in total. The van der Waals surface area contributed by atoms with E-state index in [9.17, 15) is 34.8 Å². The van der Waals surface area contributed by atoms with Gasteiger partial charge in [-0.1, -0.05) is 0 Å². The Morgan fingerprint density at radius 2 is 1.88 bits per heavy atom. The lowest BCUT2D eigenvalue weighted by Crippen LogP contribution is -2.60. The normalized spacial score (nSPS) is 37.0. The van der Waals surface area contributed by atoms with Crippen molar-refractivity contribution in [2.75, 3.05) is 25.6 Å². The number of carbonyl (C=O) groups excluding carboxylic acids is 3. The van der Waals surface area contributed by atoms with Gasteiger partial charge in [0, 0.05) is 36.4 Å². The van der Waals surface area contributed by atoms with Gasteiger partial charge in [-0.15, -0.1) is 0 Å². The number of rotatable bonds is 8. The summed E-state index contributed by atoms with van der Waals surface area (Å²) in [6, 6.07) is 6.22. The number of fused-ring (bicyclic) bond motifs is 4. The van der Waals surface area contributed by atoms with Crippen LogP contribution in [0.4, 0.5) is 10.5 Å². The van der Waals surface area contributed by atoms with Crippen LogP contribution in [-0.4, -0.2) is 112 Å². The summed E-state index contributed by atoms with van der Waals surface area (Å²) in [6.07, 6.45) is -7.87. The fraction of sp³-hybridized carbons (Fsp3) is 0.519. The summed E-state index contributed by atoms with van der Waals surface area (Å²) in [5, 5.41) is 45.9. The second-order valence-corrected chi connectivity index (χ2v) is 10.9. The lowest BCUT2D eigenvalue weighted by molar-refractivity contribution is -0.277. The molecule has 15 heteroatoms. The number of allylic oxidation sites excluding steroid dienone is 2. The Bertz CT molecular complexity index is 1380. The molecule has 0 aromatic heterocycles. The molecule has 0 radical (unpaired) electrons. The van der Waals surface area contributed by atoms with E-state index in [-0.39, 0.29) is 52.9 Å². The molecule has 0 saturated carbocycles. The van der Waals surface area contributed by atoms with Crippen LogP contribution < -0.4 is 21.1 Å². The van der Waals surface area contributed by atoms with Gasteiger partial charge in [-0.25, -0.2) is 4.79 Å². The Kier molecular flexibility index (Phi) is 7.00. The summed E-state index contributed by atoms with van der Waals surface area (Å²) in [6.45, 7) is 0.718. The van der Waals surface area contributed by atoms with E-state index >= 15 is 0 Å². The standard InChI is InChI=1S/C27H32N4O11/c1-10-17(29-11-3-5-12(6-4-11)41-25-23(37)22(36)20(34)15(8-32)42-25)21(35)16-13(9-40-26(28)38)27(39-2)7-14-24(30-14)31(27)18(16)19(10)33/h3-6,13-15,20,22-25,29-30,32,34,36-37H,7-9H2,1-2H3,(H2,28,38). The van der Waals surface area contributed by atoms with E-state index < -0.39 is 60.8 Å². The summed E-state index contributed by atoms with van der Waals surface area (Å²) in [7, 11) is 1.50. The van der Waals surface area contributed by atoms with Crippen molar-refractivity contribution in [2.24, 2.45) is 11.7 Å². The van der Waals surface area contributed by atoms with E-state index in [1.807, 2.05) is 0 Å². The maximum Gasteiger partial charge on any atom is 0.404 e. The number of Topliss-reactive ketones (excluding diaryl/α,β-unsaturated/α-hetero) is 2. The number of carbonyl (C=O) groups is 3. The summed E-state index contributed by atoms with van der Waals surface area (Å²) in [5.74, 6) is -1.33. The molecule has 3 fully saturated rings. The number of nitrogens with two attached hydrogens (primary N) is 1. The molecule has 0 spiro atoms. The number of benzene rings is 1. The number of primary amides is 1. The van der Waals surface area contributed by atoms with Crippen LogP contribution in [0.1, 0.15) is 13.3 Å². The van der Waals surface area contributed by atoms with Gasteiger partial charge in [0.1, 0.15) is 36.8 Å². The maximum atomic E-state index is 14.0. The first kappa shape index (κ1) is 28.5. The van der Waals surface area contributed by atoms with E-state index in [4.69, 9.17) is 24.7 Å². The first-order valence-electron chi connectivity index (χ1n) is 13.4. The Morgan fingerprint density at radius 1 is 1.17 bits per heavy atom. The summed E-state index contributed by atoms with van der Waals surface area (Å²) in [4.78, 5) is 41.0. The smallest absolute Gasteiger partial charge is 0.404 e. The molecule has 42 heavy (non-hydrogen) atoms. The molecule has 4 aliphatic heterocycles. The Labute approximate surface area is 239 Å². The van der Waals surface area contributed by atoms with Crippen LogP contribution in [-0.2, 0) is 23.8 Å². The van der Waals surface area contributed by atoms with Crippen molar-refractivity contribution < 1.29 is 53.8 Å². The van der Waals surface area contributed by atoms with Gasteiger partial charge in [0.15, 0.2) is 5.72 Å². The highest BCUT2D eigenvalue weighted by atomic mass is 16.7. The van der Waals surface area contributed by atoms with Crippen molar-refractivity contribution in [3.63, 3.8) is 0 Å². The zero-order valence-corrected chi connectivity index (χ0v) is 22.7. The van der Waals surface area contributed by atoms with Gasteiger partial charge >= 0.3 is 6.09 Å². The summed E-state index contributed by atoms with van der Waals surface area (Å²) in [5.41, 5.74) is 5.28. The fourth-order valence-corrected chi connectivity index (χ4v) is 6.40. The minimum atomic E-state index is -1.59. The average Bonchev–Trinajstić information content (AvgIpc) is 3.55. The largest absolute Gasteiger partial charge is 0.462 e. The minimum Gasteiger partial charge on any atom is -0.462 e. The van der Waals surface area contributed by atoms with Crippen LogP contribution in [0.5, 0.6) is 5.75 Å². The quantitative estimate of drug-likeness (QED) is 0.129. The molecule has 5 aliphatic rings. The van der Waals surface area contributed by atoms with E-state index in [2.05, 4.69) is 10.6 Å². The first-order chi connectivity index (χ1) is 20.0. The van der Waals surface area contributed by atoms with Crippen molar-refractivity contribution in [2.45, 2.75) is 62.0 Å². The van der Waals surface area contributed by atoms with Gasteiger partial charge in [-0.3, -0.25) is 14.9 Å². The van der Waals surface area contributed by atoms with Crippen molar-refractivity contribution >= 4 is 23.3 Å². The number of aliphatic hydroxyl groups is 4. The number of anilines is 1. The zero-order valence-electron chi connectivity index (χ0n) is 22.7. The van der Waals surface area contributed by atoms with Crippen LogP contribution in [0.3, 0.4) is 0 Å². The van der Waals surface area contributed by atoms with Crippen LogP contribution in [0.15, 0.2) is 46.8 Å². The Morgan fingerprint density at radius 3 is 2.52 bits per heavy atom. The SMILES string of the molecule is COC12CC3NC3N1C1=C(C(=O)C(Nc3ccc(OC4OC(CO)C(O)C(O)C4O)cc3)=C(C)C1=O)C2COC(N)=O. The van der Waals surface area contributed by atoms with Crippen LogP contribution in [0, 0.1) is 5.92 Å². The lowest BCUT2D eigenvalue weighted by atomic mass is 9.82. The fourth-order valence-electron chi connectivity index (χ4n) is 6.40. The molecule has 1 amide bonds. The first-order valence-corrected chi connectivity index (χ1v) is 13.4. The number of aliphatic hydroxyl groups excluding tert-OH is 4. The number of hydrogen-bond acceptors (Lipinski definition) is 14. The third kappa shape index (κ3) is 4.27. The number of amides is 1. The second kappa shape index (κ2) is 10.3. The van der Waals surface area contributed by atoms with Crippen LogP contribution in [0.25, 0.3) is 0 Å². The molecule has 15 nitrogen and oxygen atoms in total. The molecule has 1 aromatic carbocycles. The lowest BCUT2D eigenvalue weighted by Gasteiger charge is -2.39. The number of ether oxygens (including phenoxy) is 4. The molecule has 6 rings (SSSR count). The Hall–Kier alpha value is -3.57. The monoisotopic (exact) mass is 588 g/mol. The highest BCUT2D eigenvalue weighted by Crippen LogP contribution is 2.57. The number of nitrogens with one attached hydrogen (secondary N) is 2. The number of methoxy groups -OCH3 is 1. The predicted molar refractivity (Wildman–Crippen MR) is 140 cm³/mol. The maximum absolute atomic E-state index is 14.0.